The molecule has 0 amide bonds. The fourth-order valence-electron chi connectivity index (χ4n) is 2.57. The molecule has 0 radical (unpaired) electrons. The Hall–Kier alpha value is -2.79. The lowest BCUT2D eigenvalue weighted by molar-refractivity contribution is 0.402. The fraction of sp³-hybridized carbons (Fsp3) is 0.158. The Morgan fingerprint density at radius 3 is 2.40 bits per heavy atom. The van der Waals surface area contributed by atoms with Crippen molar-refractivity contribution in [3.05, 3.63) is 75.7 Å². The molecule has 128 valence electrons. The second-order valence-electron chi connectivity index (χ2n) is 5.37. The summed E-state index contributed by atoms with van der Waals surface area (Å²) in [6.07, 6.45) is 1.65. The van der Waals surface area contributed by atoms with Gasteiger partial charge >= 0.3 is 5.56 Å². The number of hydrogen-bond acceptors (Lipinski definition) is 4. The SMILES string of the molecule is COc1cccc(-c2nc(=O)c(OC)cn2Cc2ccccc2)c1Cl. The lowest BCUT2D eigenvalue weighted by Crippen LogP contribution is -2.17. The molecule has 0 N–H and O–H groups in total. The van der Waals surface area contributed by atoms with Gasteiger partial charge in [-0.2, -0.15) is 4.98 Å². The van der Waals surface area contributed by atoms with Crippen LogP contribution < -0.4 is 15.0 Å². The summed E-state index contributed by atoms with van der Waals surface area (Å²) in [5.74, 6) is 1.16. The third-order valence-electron chi connectivity index (χ3n) is 3.80. The van der Waals surface area contributed by atoms with Gasteiger partial charge in [-0.15, -0.1) is 0 Å². The highest BCUT2D eigenvalue weighted by molar-refractivity contribution is 6.34. The van der Waals surface area contributed by atoms with Crippen molar-refractivity contribution in [2.45, 2.75) is 6.54 Å². The number of aromatic nitrogens is 2. The lowest BCUT2D eigenvalue weighted by Gasteiger charge is -2.16. The van der Waals surface area contributed by atoms with Gasteiger partial charge in [-0.25, -0.2) is 0 Å². The predicted molar refractivity (Wildman–Crippen MR) is 97.6 cm³/mol. The Balaban J connectivity index is 2.18. The van der Waals surface area contributed by atoms with E-state index in [1.54, 1.807) is 25.4 Å². The average molecular weight is 357 g/mol. The van der Waals surface area contributed by atoms with Crippen molar-refractivity contribution in [2.24, 2.45) is 0 Å². The summed E-state index contributed by atoms with van der Waals surface area (Å²) in [6.45, 7) is 0.521. The van der Waals surface area contributed by atoms with Gasteiger partial charge in [-0.3, -0.25) is 4.79 Å². The molecule has 0 saturated heterocycles. The van der Waals surface area contributed by atoms with Gasteiger partial charge in [0.15, 0.2) is 0 Å². The third kappa shape index (κ3) is 3.51. The van der Waals surface area contributed by atoms with Crippen LogP contribution in [0.5, 0.6) is 11.5 Å². The number of nitrogens with zero attached hydrogens (tertiary/aromatic N) is 2. The van der Waals surface area contributed by atoms with E-state index < -0.39 is 5.56 Å². The smallest absolute Gasteiger partial charge is 0.315 e. The molecule has 0 aliphatic rings. The summed E-state index contributed by atoms with van der Waals surface area (Å²) in [5, 5.41) is 0.406. The summed E-state index contributed by atoms with van der Waals surface area (Å²) in [7, 11) is 2.99. The Morgan fingerprint density at radius 1 is 1.00 bits per heavy atom. The number of ether oxygens (including phenoxy) is 2. The minimum absolute atomic E-state index is 0.179. The highest BCUT2D eigenvalue weighted by atomic mass is 35.5. The van der Waals surface area contributed by atoms with Crippen molar-refractivity contribution in [1.82, 2.24) is 9.55 Å². The van der Waals surface area contributed by atoms with Crippen LogP contribution in [0.4, 0.5) is 0 Å². The quantitative estimate of drug-likeness (QED) is 0.700. The van der Waals surface area contributed by atoms with E-state index >= 15 is 0 Å². The molecule has 1 aromatic heterocycles. The Kier molecular flexibility index (Phi) is 5.05. The van der Waals surface area contributed by atoms with Crippen LogP contribution in [0.3, 0.4) is 0 Å². The normalized spacial score (nSPS) is 10.5. The summed E-state index contributed by atoms with van der Waals surface area (Å²) >= 11 is 6.43. The van der Waals surface area contributed by atoms with Crippen LogP contribution >= 0.6 is 11.6 Å². The van der Waals surface area contributed by atoms with Gasteiger partial charge in [0.1, 0.15) is 11.6 Å². The van der Waals surface area contributed by atoms with Gasteiger partial charge in [0.05, 0.1) is 25.4 Å². The molecular weight excluding hydrogens is 340 g/mol. The highest BCUT2D eigenvalue weighted by Gasteiger charge is 2.16. The number of hydrogen-bond donors (Lipinski definition) is 0. The van der Waals surface area contributed by atoms with E-state index in [0.29, 0.717) is 28.7 Å². The van der Waals surface area contributed by atoms with E-state index in [4.69, 9.17) is 21.1 Å². The second kappa shape index (κ2) is 7.40. The monoisotopic (exact) mass is 356 g/mol. The van der Waals surface area contributed by atoms with E-state index in [2.05, 4.69) is 4.98 Å². The van der Waals surface area contributed by atoms with E-state index in [1.165, 1.54) is 7.11 Å². The third-order valence-corrected chi connectivity index (χ3v) is 4.19. The molecule has 0 aliphatic heterocycles. The summed E-state index contributed by atoms with van der Waals surface area (Å²) in [4.78, 5) is 16.4. The molecule has 25 heavy (non-hydrogen) atoms. The molecule has 0 unspecified atom stereocenters. The minimum atomic E-state index is -0.444. The van der Waals surface area contributed by atoms with Crippen molar-refractivity contribution in [1.29, 1.82) is 0 Å². The van der Waals surface area contributed by atoms with Gasteiger partial charge in [0, 0.05) is 12.1 Å². The van der Waals surface area contributed by atoms with Gasteiger partial charge in [-0.05, 0) is 17.7 Å². The molecule has 3 aromatic rings. The number of benzene rings is 2. The average Bonchev–Trinajstić information content (AvgIpc) is 2.64. The number of rotatable bonds is 5. The van der Waals surface area contributed by atoms with Gasteiger partial charge in [-0.1, -0.05) is 48.0 Å². The van der Waals surface area contributed by atoms with Crippen molar-refractivity contribution in [3.8, 4) is 22.9 Å². The van der Waals surface area contributed by atoms with Crippen molar-refractivity contribution in [2.75, 3.05) is 14.2 Å². The van der Waals surface area contributed by atoms with Gasteiger partial charge in [0.25, 0.3) is 0 Å². The van der Waals surface area contributed by atoms with Crippen LogP contribution in [0.2, 0.25) is 5.02 Å². The van der Waals surface area contributed by atoms with Crippen molar-refractivity contribution >= 4 is 11.6 Å². The Morgan fingerprint density at radius 2 is 1.72 bits per heavy atom. The molecule has 0 aliphatic carbocycles. The van der Waals surface area contributed by atoms with Gasteiger partial charge in [0.2, 0.25) is 5.75 Å². The molecule has 0 fully saturated rings. The maximum Gasteiger partial charge on any atom is 0.315 e. The predicted octanol–water partition coefficient (Wildman–Crippen LogP) is 3.63. The van der Waals surface area contributed by atoms with Crippen molar-refractivity contribution < 1.29 is 9.47 Å². The van der Waals surface area contributed by atoms with E-state index in [1.807, 2.05) is 41.0 Å². The molecule has 1 heterocycles. The molecule has 5 nitrogen and oxygen atoms in total. The summed E-state index contributed by atoms with van der Waals surface area (Å²) in [6, 6.07) is 15.2. The van der Waals surface area contributed by atoms with Crippen LogP contribution in [0.25, 0.3) is 11.4 Å². The van der Waals surface area contributed by atoms with Gasteiger partial charge < -0.3 is 14.0 Å². The van der Waals surface area contributed by atoms with E-state index in [9.17, 15) is 4.79 Å². The molecular formula is C19H17ClN2O3. The molecule has 0 bridgehead atoms. The lowest BCUT2D eigenvalue weighted by atomic mass is 10.1. The van der Waals surface area contributed by atoms with E-state index in [-0.39, 0.29) is 5.75 Å². The van der Waals surface area contributed by atoms with Crippen molar-refractivity contribution in [3.63, 3.8) is 0 Å². The largest absolute Gasteiger partial charge is 0.495 e. The Labute approximate surface area is 150 Å². The zero-order valence-corrected chi connectivity index (χ0v) is 14.7. The first-order chi connectivity index (χ1) is 12.1. The molecule has 6 heteroatoms. The molecule has 2 aromatic carbocycles. The molecule has 0 spiro atoms. The first-order valence-corrected chi connectivity index (χ1v) is 8.04. The Bertz CT molecular complexity index is 939. The second-order valence-corrected chi connectivity index (χ2v) is 5.75. The minimum Gasteiger partial charge on any atom is -0.495 e. The maximum atomic E-state index is 12.2. The van der Waals surface area contributed by atoms with E-state index in [0.717, 1.165) is 5.56 Å². The first-order valence-electron chi connectivity index (χ1n) is 7.66. The standard InChI is InChI=1S/C19H17ClN2O3/c1-24-15-10-6-9-14(17(15)20)18-21-19(23)16(25-2)12-22(18)11-13-7-4-3-5-8-13/h3-10,12H,11H2,1-2H3. The molecule has 3 rings (SSSR count). The zero-order valence-electron chi connectivity index (χ0n) is 13.9. The van der Waals surface area contributed by atoms with Crippen LogP contribution in [0, 0.1) is 0 Å². The highest BCUT2D eigenvalue weighted by Crippen LogP contribution is 2.34. The number of methoxy groups -OCH3 is 2. The topological polar surface area (TPSA) is 53.4 Å². The van der Waals surface area contributed by atoms with Crippen LogP contribution in [-0.2, 0) is 6.54 Å². The van der Waals surface area contributed by atoms with Crippen LogP contribution in [-0.4, -0.2) is 23.8 Å². The summed E-state index contributed by atoms with van der Waals surface area (Å²) in [5.41, 5.74) is 1.24. The summed E-state index contributed by atoms with van der Waals surface area (Å²) < 4.78 is 12.2. The fourth-order valence-corrected chi connectivity index (χ4v) is 2.86. The van der Waals surface area contributed by atoms with Crippen LogP contribution in [0.1, 0.15) is 5.56 Å². The van der Waals surface area contributed by atoms with Crippen LogP contribution in [0.15, 0.2) is 59.5 Å². The molecule has 0 atom stereocenters. The maximum absolute atomic E-state index is 12.2. The first kappa shape index (κ1) is 17.0. The zero-order chi connectivity index (χ0) is 17.8. The number of halogens is 1. The molecule has 0 saturated carbocycles.